The molecule has 0 atom stereocenters. The summed E-state index contributed by atoms with van der Waals surface area (Å²) in [6, 6.07) is 0. The number of aliphatic hydroxyl groups is 1. The smallest absolute Gasteiger partial charge is 0.328 e. The van der Waals surface area contributed by atoms with Crippen molar-refractivity contribution in [2.75, 3.05) is 6.61 Å². The Hall–Kier alpha value is -1.97. The first kappa shape index (κ1) is 11.0. The Kier molecular flexibility index (Phi) is 6.90. The Bertz CT molecular complexity index is 329. The Labute approximate surface area is 76.4 Å². The average Bonchev–Trinajstić information content (AvgIpc) is 2.09. The van der Waals surface area contributed by atoms with Gasteiger partial charge in [-0.15, -0.1) is 0 Å². The van der Waals surface area contributed by atoms with Crippen molar-refractivity contribution in [2.24, 2.45) is 0 Å². The van der Waals surface area contributed by atoms with E-state index >= 15 is 0 Å². The Morgan fingerprint density at radius 2 is 1.85 bits per heavy atom. The molecule has 0 fully saturated rings. The van der Waals surface area contributed by atoms with Gasteiger partial charge < -0.3 is 10.2 Å². The molecule has 2 N–H and O–H groups in total. The molecule has 3 nitrogen and oxygen atoms in total. The maximum atomic E-state index is 9.94. The van der Waals surface area contributed by atoms with E-state index in [4.69, 9.17) is 10.2 Å². The van der Waals surface area contributed by atoms with Gasteiger partial charge in [-0.3, -0.25) is 0 Å². The van der Waals surface area contributed by atoms with Crippen LogP contribution in [0.5, 0.6) is 0 Å². The van der Waals surface area contributed by atoms with Crippen molar-refractivity contribution in [2.45, 2.75) is 0 Å². The second kappa shape index (κ2) is 8.13. The number of hydrogen-bond acceptors (Lipinski definition) is 2. The fourth-order valence-corrected chi connectivity index (χ4v) is 0.380. The number of hydrogen-bond donors (Lipinski definition) is 2. The highest BCUT2D eigenvalue weighted by molar-refractivity contribution is 5.80. The van der Waals surface area contributed by atoms with E-state index in [-0.39, 0.29) is 6.61 Å². The van der Waals surface area contributed by atoms with Crippen LogP contribution in [0.3, 0.4) is 0 Å². The van der Waals surface area contributed by atoms with E-state index in [9.17, 15) is 4.79 Å². The number of rotatable bonds is 2. The summed E-state index contributed by atoms with van der Waals surface area (Å²) in [6.07, 6.45) is 5.07. The van der Waals surface area contributed by atoms with Crippen LogP contribution < -0.4 is 0 Å². The monoisotopic (exact) mass is 176 g/mol. The maximum absolute atomic E-state index is 9.94. The zero-order valence-electron chi connectivity index (χ0n) is 6.82. The molecule has 0 aliphatic rings. The van der Waals surface area contributed by atoms with Gasteiger partial charge in [-0.05, 0) is 24.0 Å². The molecule has 0 rings (SSSR count). The van der Waals surface area contributed by atoms with Crippen LogP contribution >= 0.6 is 0 Å². The first-order valence-corrected chi connectivity index (χ1v) is 3.43. The lowest BCUT2D eigenvalue weighted by atomic mass is 10.4. The van der Waals surface area contributed by atoms with Gasteiger partial charge in [-0.1, -0.05) is 17.9 Å². The van der Waals surface area contributed by atoms with Crippen LogP contribution in [0.15, 0.2) is 24.3 Å². The van der Waals surface area contributed by atoms with E-state index in [2.05, 4.69) is 23.7 Å². The molecule has 0 aliphatic heterocycles. The molecule has 0 bridgehead atoms. The van der Waals surface area contributed by atoms with E-state index in [1.54, 1.807) is 0 Å². The van der Waals surface area contributed by atoms with Gasteiger partial charge in [0, 0.05) is 6.08 Å². The van der Waals surface area contributed by atoms with Crippen LogP contribution in [0.4, 0.5) is 0 Å². The van der Waals surface area contributed by atoms with E-state index in [0.717, 1.165) is 6.08 Å². The SMILES string of the molecule is O=C(O)/C=C/C#CC#C/C=C/CO. The lowest BCUT2D eigenvalue weighted by Crippen LogP contribution is -1.84. The molecule has 0 amide bonds. The number of carboxylic acid groups (broad SMARTS) is 1. The Morgan fingerprint density at radius 1 is 1.23 bits per heavy atom. The molecule has 0 heterocycles. The van der Waals surface area contributed by atoms with Crippen molar-refractivity contribution in [3.05, 3.63) is 24.3 Å². The largest absolute Gasteiger partial charge is 0.478 e. The molecule has 0 aromatic carbocycles. The molecular formula is C10H8O3. The summed E-state index contributed by atoms with van der Waals surface area (Å²) in [6.45, 7) is -0.0545. The van der Waals surface area contributed by atoms with Gasteiger partial charge in [0.2, 0.25) is 0 Å². The first-order valence-electron chi connectivity index (χ1n) is 3.43. The average molecular weight is 176 g/mol. The van der Waals surface area contributed by atoms with Crippen molar-refractivity contribution in [3.8, 4) is 23.7 Å². The highest BCUT2D eigenvalue weighted by Gasteiger charge is 1.78. The fraction of sp³-hybridized carbons (Fsp3) is 0.100. The Balaban J connectivity index is 3.90. The van der Waals surface area contributed by atoms with Gasteiger partial charge in [-0.25, -0.2) is 4.79 Å². The normalized spacial score (nSPS) is 9.00. The second-order valence-corrected chi connectivity index (χ2v) is 1.80. The van der Waals surface area contributed by atoms with Crippen molar-refractivity contribution < 1.29 is 15.0 Å². The molecular weight excluding hydrogens is 168 g/mol. The third-order valence-corrected chi connectivity index (χ3v) is 0.823. The van der Waals surface area contributed by atoms with Crippen LogP contribution in [0.2, 0.25) is 0 Å². The number of carbonyl (C=O) groups is 1. The van der Waals surface area contributed by atoms with Crippen LogP contribution in [0.1, 0.15) is 0 Å². The predicted octanol–water partition coefficient (Wildman–Crippen LogP) is 0.182. The second-order valence-electron chi connectivity index (χ2n) is 1.80. The zero-order chi connectivity index (χ0) is 9.94. The minimum Gasteiger partial charge on any atom is -0.478 e. The number of aliphatic carboxylic acids is 1. The molecule has 13 heavy (non-hydrogen) atoms. The van der Waals surface area contributed by atoms with Crippen LogP contribution in [-0.2, 0) is 4.79 Å². The van der Waals surface area contributed by atoms with E-state index in [0.29, 0.717) is 0 Å². The Morgan fingerprint density at radius 3 is 2.38 bits per heavy atom. The third-order valence-electron chi connectivity index (χ3n) is 0.823. The van der Waals surface area contributed by atoms with Gasteiger partial charge >= 0.3 is 5.97 Å². The van der Waals surface area contributed by atoms with Gasteiger partial charge in [0.15, 0.2) is 0 Å². The van der Waals surface area contributed by atoms with E-state index in [1.807, 2.05) is 0 Å². The standard InChI is InChI=1S/C10H8O3/c11-9-7-5-3-1-2-4-6-8-10(12)13/h5-8,11H,9H2,(H,12,13)/b7-5+,8-6+. The fourth-order valence-electron chi connectivity index (χ4n) is 0.380. The topological polar surface area (TPSA) is 57.5 Å². The highest BCUT2D eigenvalue weighted by Crippen LogP contribution is 1.69. The van der Waals surface area contributed by atoms with Crippen molar-refractivity contribution >= 4 is 5.97 Å². The minimum absolute atomic E-state index is 0.0545. The summed E-state index contributed by atoms with van der Waals surface area (Å²) < 4.78 is 0. The quantitative estimate of drug-likeness (QED) is 0.466. The van der Waals surface area contributed by atoms with E-state index in [1.165, 1.54) is 18.2 Å². The maximum Gasteiger partial charge on any atom is 0.328 e. The predicted molar refractivity (Wildman–Crippen MR) is 48.6 cm³/mol. The molecule has 0 spiro atoms. The zero-order valence-corrected chi connectivity index (χ0v) is 6.82. The van der Waals surface area contributed by atoms with Crippen LogP contribution in [0.25, 0.3) is 0 Å². The molecule has 0 radical (unpaired) electrons. The number of carboxylic acids is 1. The molecule has 0 aromatic heterocycles. The summed E-state index contributed by atoms with van der Waals surface area (Å²) >= 11 is 0. The molecule has 3 heteroatoms. The minimum atomic E-state index is -1.04. The van der Waals surface area contributed by atoms with E-state index < -0.39 is 5.97 Å². The lowest BCUT2D eigenvalue weighted by Gasteiger charge is -1.70. The molecule has 0 aliphatic carbocycles. The highest BCUT2D eigenvalue weighted by atomic mass is 16.4. The summed E-state index contributed by atoms with van der Waals surface area (Å²) in [5, 5.41) is 16.5. The lowest BCUT2D eigenvalue weighted by molar-refractivity contribution is -0.131. The molecule has 0 aromatic rings. The molecule has 0 saturated heterocycles. The number of allylic oxidation sites excluding steroid dienone is 2. The summed E-state index contributed by atoms with van der Waals surface area (Å²) in [5.41, 5.74) is 0. The first-order chi connectivity index (χ1) is 6.27. The van der Waals surface area contributed by atoms with Crippen molar-refractivity contribution in [1.82, 2.24) is 0 Å². The van der Waals surface area contributed by atoms with Crippen LogP contribution in [0, 0.1) is 23.7 Å². The summed E-state index contributed by atoms with van der Waals surface area (Å²) in [5.74, 6) is 8.75. The summed E-state index contributed by atoms with van der Waals surface area (Å²) in [4.78, 5) is 9.94. The van der Waals surface area contributed by atoms with Gasteiger partial charge in [0.05, 0.1) is 6.61 Å². The number of aliphatic hydroxyl groups excluding tert-OH is 1. The molecule has 0 unspecified atom stereocenters. The van der Waals surface area contributed by atoms with Crippen molar-refractivity contribution in [1.29, 1.82) is 0 Å². The van der Waals surface area contributed by atoms with Crippen LogP contribution in [-0.4, -0.2) is 22.8 Å². The van der Waals surface area contributed by atoms with Crippen molar-refractivity contribution in [3.63, 3.8) is 0 Å². The summed E-state index contributed by atoms with van der Waals surface area (Å²) in [7, 11) is 0. The van der Waals surface area contributed by atoms with Gasteiger partial charge in [0.1, 0.15) is 0 Å². The molecule has 0 saturated carbocycles. The van der Waals surface area contributed by atoms with Gasteiger partial charge in [-0.2, -0.15) is 0 Å². The third kappa shape index (κ3) is 10.0. The molecule has 66 valence electrons. The van der Waals surface area contributed by atoms with Gasteiger partial charge in [0.25, 0.3) is 0 Å².